The number of nitrogens with one attached hydrogen (secondary N) is 2. The molecule has 25 heavy (non-hydrogen) atoms. The van der Waals surface area contributed by atoms with E-state index in [9.17, 15) is 4.39 Å². The van der Waals surface area contributed by atoms with Gasteiger partial charge >= 0.3 is 0 Å². The number of guanidine groups is 1. The van der Waals surface area contributed by atoms with Gasteiger partial charge in [0.15, 0.2) is 5.96 Å². The lowest BCUT2D eigenvalue weighted by Gasteiger charge is -2.13. The topological polar surface area (TPSA) is 58.5 Å². The van der Waals surface area contributed by atoms with E-state index < -0.39 is 0 Å². The van der Waals surface area contributed by atoms with Gasteiger partial charge in [-0.3, -0.25) is 4.99 Å². The first-order chi connectivity index (χ1) is 11.6. The summed E-state index contributed by atoms with van der Waals surface area (Å²) in [5, 5.41) is 6.47. The van der Waals surface area contributed by atoms with Crippen molar-refractivity contribution >= 4 is 29.9 Å². The van der Waals surface area contributed by atoms with E-state index in [0.29, 0.717) is 24.1 Å². The van der Waals surface area contributed by atoms with Crippen molar-refractivity contribution in [2.24, 2.45) is 10.9 Å². The third-order valence-corrected chi connectivity index (χ3v) is 3.18. The second kappa shape index (κ2) is 10.9. The lowest BCUT2D eigenvalue weighted by atomic mass is 10.2. The maximum absolute atomic E-state index is 13.1. The van der Waals surface area contributed by atoms with Crippen LogP contribution in [0, 0.1) is 11.7 Å². The monoisotopic (exact) mass is 458 g/mol. The number of nitrogens with zero attached hydrogens (tertiary/aromatic N) is 2. The van der Waals surface area contributed by atoms with Crippen LogP contribution in [0.1, 0.15) is 19.4 Å². The number of halogens is 2. The number of aromatic nitrogens is 1. The molecule has 2 rings (SSSR count). The van der Waals surface area contributed by atoms with Crippen LogP contribution in [0.25, 0.3) is 0 Å². The molecule has 0 unspecified atom stereocenters. The molecule has 0 aliphatic carbocycles. The van der Waals surface area contributed by atoms with Gasteiger partial charge in [-0.1, -0.05) is 26.0 Å². The summed E-state index contributed by atoms with van der Waals surface area (Å²) in [4.78, 5) is 8.41. The maximum atomic E-state index is 13.1. The van der Waals surface area contributed by atoms with Crippen LogP contribution in [-0.2, 0) is 6.54 Å². The Morgan fingerprint density at radius 2 is 2.04 bits per heavy atom. The van der Waals surface area contributed by atoms with E-state index >= 15 is 0 Å². The van der Waals surface area contributed by atoms with Crippen molar-refractivity contribution in [3.05, 3.63) is 54.0 Å². The minimum absolute atomic E-state index is 0. The Balaban J connectivity index is 0.00000312. The molecule has 5 nitrogen and oxygen atoms in total. The lowest BCUT2D eigenvalue weighted by molar-refractivity contribution is 0.457. The quantitative estimate of drug-likeness (QED) is 0.391. The van der Waals surface area contributed by atoms with Gasteiger partial charge in [-0.2, -0.15) is 0 Å². The van der Waals surface area contributed by atoms with Gasteiger partial charge in [0.05, 0.1) is 0 Å². The standard InChI is InChI=1S/C18H23FN4O.HI/c1-13(2)10-22-18(20-3)23-12-14-7-8-17(21-11-14)24-16-6-4-5-15(19)9-16;/h4-9,11,13H,10,12H2,1-3H3,(H2,20,22,23);1H. The highest BCUT2D eigenvalue weighted by Crippen LogP contribution is 2.19. The average molecular weight is 458 g/mol. The van der Waals surface area contributed by atoms with Crippen molar-refractivity contribution in [1.29, 1.82) is 0 Å². The van der Waals surface area contributed by atoms with Crippen LogP contribution in [0.4, 0.5) is 4.39 Å². The zero-order valence-electron chi connectivity index (χ0n) is 14.6. The highest BCUT2D eigenvalue weighted by Gasteiger charge is 2.03. The van der Waals surface area contributed by atoms with Crippen molar-refractivity contribution in [1.82, 2.24) is 15.6 Å². The van der Waals surface area contributed by atoms with E-state index in [1.165, 1.54) is 12.1 Å². The first-order valence-electron chi connectivity index (χ1n) is 7.89. The number of aliphatic imine (C=N–C) groups is 1. The first-order valence-corrected chi connectivity index (χ1v) is 7.89. The van der Waals surface area contributed by atoms with Crippen molar-refractivity contribution < 1.29 is 9.13 Å². The minimum Gasteiger partial charge on any atom is -0.439 e. The van der Waals surface area contributed by atoms with E-state index in [1.807, 2.05) is 6.07 Å². The molecular weight excluding hydrogens is 434 g/mol. The summed E-state index contributed by atoms with van der Waals surface area (Å²) in [5.41, 5.74) is 0.995. The lowest BCUT2D eigenvalue weighted by Crippen LogP contribution is -2.38. The Morgan fingerprint density at radius 1 is 1.24 bits per heavy atom. The predicted molar refractivity (Wildman–Crippen MR) is 109 cm³/mol. The van der Waals surface area contributed by atoms with E-state index in [-0.39, 0.29) is 29.8 Å². The summed E-state index contributed by atoms with van der Waals surface area (Å²) >= 11 is 0. The highest BCUT2D eigenvalue weighted by atomic mass is 127. The minimum atomic E-state index is -0.339. The molecule has 0 saturated heterocycles. The van der Waals surface area contributed by atoms with E-state index in [2.05, 4.69) is 34.5 Å². The fraction of sp³-hybridized carbons (Fsp3) is 0.333. The second-order valence-corrected chi connectivity index (χ2v) is 5.76. The summed E-state index contributed by atoms with van der Waals surface area (Å²) in [5.74, 6) is 1.81. The van der Waals surface area contributed by atoms with Gasteiger partial charge in [0.1, 0.15) is 11.6 Å². The maximum Gasteiger partial charge on any atom is 0.219 e. The molecule has 1 heterocycles. The molecule has 0 aliphatic heterocycles. The van der Waals surface area contributed by atoms with Crippen LogP contribution in [0.5, 0.6) is 11.6 Å². The van der Waals surface area contributed by atoms with Crippen molar-refractivity contribution in [3.63, 3.8) is 0 Å². The van der Waals surface area contributed by atoms with Crippen LogP contribution in [0.2, 0.25) is 0 Å². The molecule has 0 amide bonds. The SMILES string of the molecule is CN=C(NCc1ccc(Oc2cccc(F)c2)nc1)NCC(C)C.I. The van der Waals surface area contributed by atoms with Crippen LogP contribution >= 0.6 is 24.0 Å². The van der Waals surface area contributed by atoms with Gasteiger partial charge in [-0.25, -0.2) is 9.37 Å². The number of rotatable bonds is 6. The van der Waals surface area contributed by atoms with E-state index in [0.717, 1.165) is 18.1 Å². The van der Waals surface area contributed by atoms with Crippen LogP contribution in [0.3, 0.4) is 0 Å². The largest absolute Gasteiger partial charge is 0.439 e. The second-order valence-electron chi connectivity index (χ2n) is 5.76. The van der Waals surface area contributed by atoms with Gasteiger partial charge in [-0.05, 0) is 23.6 Å². The summed E-state index contributed by atoms with van der Waals surface area (Å²) in [6.07, 6.45) is 1.72. The van der Waals surface area contributed by atoms with E-state index in [1.54, 1.807) is 31.4 Å². The average Bonchev–Trinajstić information content (AvgIpc) is 2.56. The molecule has 2 aromatic rings. The highest BCUT2D eigenvalue weighted by molar-refractivity contribution is 14.0. The normalized spacial score (nSPS) is 11.0. The molecular formula is C18H24FIN4O. The molecule has 0 saturated carbocycles. The molecule has 0 aliphatic rings. The molecule has 2 N–H and O–H groups in total. The smallest absolute Gasteiger partial charge is 0.219 e. The molecule has 0 spiro atoms. The molecule has 1 aromatic heterocycles. The van der Waals surface area contributed by atoms with Gasteiger partial charge in [-0.15, -0.1) is 24.0 Å². The Hall–Kier alpha value is -1.90. The van der Waals surface area contributed by atoms with Crippen LogP contribution in [-0.4, -0.2) is 24.5 Å². The summed E-state index contributed by atoms with van der Waals surface area (Å²) in [6, 6.07) is 9.64. The summed E-state index contributed by atoms with van der Waals surface area (Å²) < 4.78 is 18.6. The first kappa shape index (κ1) is 21.1. The zero-order chi connectivity index (χ0) is 17.4. The third kappa shape index (κ3) is 7.68. The molecule has 7 heteroatoms. The number of ether oxygens (including phenoxy) is 1. The van der Waals surface area contributed by atoms with Crippen molar-refractivity contribution in [3.8, 4) is 11.6 Å². The molecule has 0 atom stereocenters. The molecule has 136 valence electrons. The predicted octanol–water partition coefficient (Wildman–Crippen LogP) is 3.95. The van der Waals surface area contributed by atoms with Crippen molar-refractivity contribution in [2.45, 2.75) is 20.4 Å². The number of pyridine rings is 1. The summed E-state index contributed by atoms with van der Waals surface area (Å²) in [7, 11) is 1.74. The van der Waals surface area contributed by atoms with Gasteiger partial charge in [0.2, 0.25) is 5.88 Å². The van der Waals surface area contributed by atoms with Gasteiger partial charge in [0.25, 0.3) is 0 Å². The Kier molecular flexibility index (Phi) is 9.18. The summed E-state index contributed by atoms with van der Waals surface area (Å²) in [6.45, 7) is 5.74. The molecule has 0 bridgehead atoms. The molecule has 0 radical (unpaired) electrons. The number of benzene rings is 1. The third-order valence-electron chi connectivity index (χ3n) is 3.18. The van der Waals surface area contributed by atoms with Crippen molar-refractivity contribution in [2.75, 3.05) is 13.6 Å². The van der Waals surface area contributed by atoms with E-state index in [4.69, 9.17) is 4.74 Å². The molecule has 0 fully saturated rings. The number of hydrogen-bond acceptors (Lipinski definition) is 3. The van der Waals surface area contributed by atoms with Gasteiger partial charge < -0.3 is 15.4 Å². The van der Waals surface area contributed by atoms with Crippen LogP contribution in [0.15, 0.2) is 47.6 Å². The zero-order valence-corrected chi connectivity index (χ0v) is 17.0. The fourth-order valence-corrected chi connectivity index (χ4v) is 1.93. The molecule has 1 aromatic carbocycles. The Labute approximate surface area is 165 Å². The Morgan fingerprint density at radius 3 is 2.64 bits per heavy atom. The van der Waals surface area contributed by atoms with Crippen LogP contribution < -0.4 is 15.4 Å². The number of hydrogen-bond donors (Lipinski definition) is 2. The van der Waals surface area contributed by atoms with Gasteiger partial charge in [0, 0.05) is 38.5 Å². The fourth-order valence-electron chi connectivity index (χ4n) is 1.93. The Bertz CT molecular complexity index is 677.